The predicted octanol–water partition coefficient (Wildman–Crippen LogP) is 2.29. The molecule has 1 aromatic heterocycles. The zero-order chi connectivity index (χ0) is 21.0. The van der Waals surface area contributed by atoms with E-state index >= 15 is 0 Å². The van der Waals surface area contributed by atoms with Crippen LogP contribution in [0.4, 0.5) is 5.69 Å². The normalized spacial score (nSPS) is 17.6. The highest BCUT2D eigenvalue weighted by Gasteiger charge is 2.28. The molecule has 1 fully saturated rings. The van der Waals surface area contributed by atoms with E-state index < -0.39 is 16.1 Å². The summed E-state index contributed by atoms with van der Waals surface area (Å²) in [6.45, 7) is 6.80. The number of morpholine rings is 1. The minimum atomic E-state index is -3.65. The van der Waals surface area contributed by atoms with Crippen molar-refractivity contribution in [2.75, 3.05) is 31.6 Å². The molecule has 0 spiro atoms. The Hall–Kier alpha value is -2.20. The number of carbonyl (C=O) groups excluding carboxylic acids is 1. The van der Waals surface area contributed by atoms with E-state index in [1.165, 1.54) is 10.4 Å². The Bertz CT molecular complexity index is 937. The van der Waals surface area contributed by atoms with E-state index in [-0.39, 0.29) is 16.8 Å². The largest absolute Gasteiger partial charge is 0.468 e. The Labute approximate surface area is 171 Å². The fraction of sp³-hybridized carbons (Fsp3) is 0.450. The van der Waals surface area contributed by atoms with Crippen molar-refractivity contribution in [3.8, 4) is 0 Å². The molecule has 8 nitrogen and oxygen atoms in total. The second kappa shape index (κ2) is 9.08. The van der Waals surface area contributed by atoms with Crippen LogP contribution in [0.15, 0.2) is 45.9 Å². The topological polar surface area (TPSA) is 101 Å². The van der Waals surface area contributed by atoms with Gasteiger partial charge in [-0.3, -0.25) is 10.1 Å². The van der Waals surface area contributed by atoms with Gasteiger partial charge in [-0.25, -0.2) is 8.42 Å². The van der Waals surface area contributed by atoms with Crippen molar-refractivity contribution in [2.45, 2.75) is 37.8 Å². The first-order valence-corrected chi connectivity index (χ1v) is 11.0. The highest BCUT2D eigenvalue weighted by atomic mass is 32.2. The van der Waals surface area contributed by atoms with Crippen LogP contribution in [-0.4, -0.2) is 51.0 Å². The smallest absolute Gasteiger partial charge is 0.243 e. The Morgan fingerprint density at radius 2 is 1.90 bits per heavy atom. The third kappa shape index (κ3) is 5.05. The van der Waals surface area contributed by atoms with E-state index in [1.807, 2.05) is 13.0 Å². The first kappa shape index (κ1) is 21.5. The summed E-state index contributed by atoms with van der Waals surface area (Å²) in [5.74, 6) is 0.473. The lowest BCUT2D eigenvalue weighted by molar-refractivity contribution is -0.118. The average molecular weight is 422 g/mol. The summed E-state index contributed by atoms with van der Waals surface area (Å²) < 4.78 is 38.0. The van der Waals surface area contributed by atoms with Crippen LogP contribution in [0.5, 0.6) is 0 Å². The van der Waals surface area contributed by atoms with Gasteiger partial charge >= 0.3 is 0 Å². The fourth-order valence-corrected chi connectivity index (χ4v) is 4.86. The molecule has 29 heavy (non-hydrogen) atoms. The van der Waals surface area contributed by atoms with Crippen molar-refractivity contribution in [1.29, 1.82) is 0 Å². The van der Waals surface area contributed by atoms with Gasteiger partial charge in [-0.1, -0.05) is 6.07 Å². The standard InChI is InChI=1S/C20H27N3O5S/c1-14-6-7-17(13-19(14)29(25,26)23-8-11-27-12-9-23)22-20(24)16(3)21-15(2)18-5-4-10-28-18/h4-7,10,13,15-16,21H,8-9,11-12H2,1-3H3,(H,22,24)/t15-,16-/m1/s1. The second-order valence-electron chi connectivity index (χ2n) is 7.11. The molecule has 1 aliphatic rings. The molecule has 2 heterocycles. The molecule has 0 unspecified atom stereocenters. The van der Waals surface area contributed by atoms with Crippen LogP contribution in [0.25, 0.3) is 0 Å². The van der Waals surface area contributed by atoms with E-state index in [0.29, 0.717) is 37.6 Å². The van der Waals surface area contributed by atoms with Crippen molar-refractivity contribution in [3.63, 3.8) is 0 Å². The van der Waals surface area contributed by atoms with Crippen LogP contribution in [0, 0.1) is 6.92 Å². The lowest BCUT2D eigenvalue weighted by Crippen LogP contribution is -2.41. The monoisotopic (exact) mass is 421 g/mol. The number of furan rings is 1. The number of benzene rings is 1. The molecule has 2 atom stereocenters. The van der Waals surface area contributed by atoms with Crippen molar-refractivity contribution < 1.29 is 22.4 Å². The van der Waals surface area contributed by atoms with E-state index in [2.05, 4.69) is 10.6 Å². The van der Waals surface area contributed by atoms with Crippen LogP contribution in [0.2, 0.25) is 0 Å². The number of nitrogens with one attached hydrogen (secondary N) is 2. The third-order valence-corrected chi connectivity index (χ3v) is 6.95. The summed E-state index contributed by atoms with van der Waals surface area (Å²) in [6.07, 6.45) is 1.58. The number of hydrogen-bond donors (Lipinski definition) is 2. The van der Waals surface area contributed by atoms with Gasteiger partial charge in [-0.15, -0.1) is 0 Å². The van der Waals surface area contributed by atoms with Crippen LogP contribution < -0.4 is 10.6 Å². The van der Waals surface area contributed by atoms with Crippen LogP contribution in [0.3, 0.4) is 0 Å². The molecule has 2 N–H and O–H groups in total. The van der Waals surface area contributed by atoms with Crippen LogP contribution in [-0.2, 0) is 19.6 Å². The molecular weight excluding hydrogens is 394 g/mol. The van der Waals surface area contributed by atoms with E-state index in [0.717, 1.165) is 5.76 Å². The summed E-state index contributed by atoms with van der Waals surface area (Å²) in [5.41, 5.74) is 1.07. The molecule has 1 saturated heterocycles. The SMILES string of the molecule is Cc1ccc(NC(=O)[C@@H](C)N[C@H](C)c2ccco2)cc1S(=O)(=O)N1CCOCC1. The molecule has 3 rings (SSSR count). The molecule has 1 aliphatic heterocycles. The summed E-state index contributed by atoms with van der Waals surface area (Å²) in [6, 6.07) is 7.91. The maximum Gasteiger partial charge on any atom is 0.243 e. The molecule has 9 heteroatoms. The maximum atomic E-state index is 13.0. The number of ether oxygens (including phenoxy) is 1. The molecule has 0 saturated carbocycles. The van der Waals surface area contributed by atoms with Crippen molar-refractivity contribution in [3.05, 3.63) is 47.9 Å². The molecule has 0 radical (unpaired) electrons. The van der Waals surface area contributed by atoms with E-state index in [9.17, 15) is 13.2 Å². The number of carbonyl (C=O) groups is 1. The first-order chi connectivity index (χ1) is 13.8. The van der Waals surface area contributed by atoms with Gasteiger partial charge in [0.05, 0.1) is 36.5 Å². The quantitative estimate of drug-likeness (QED) is 0.711. The fourth-order valence-electron chi connectivity index (χ4n) is 3.20. The Kier molecular flexibility index (Phi) is 6.74. The highest BCUT2D eigenvalue weighted by molar-refractivity contribution is 7.89. The molecule has 1 amide bonds. The van der Waals surface area contributed by atoms with Crippen molar-refractivity contribution in [1.82, 2.24) is 9.62 Å². The molecule has 1 aromatic carbocycles. The van der Waals surface area contributed by atoms with Gasteiger partial charge in [0, 0.05) is 18.8 Å². The molecule has 0 aliphatic carbocycles. The van der Waals surface area contributed by atoms with Crippen LogP contribution in [0.1, 0.15) is 31.2 Å². The molecule has 158 valence electrons. The van der Waals surface area contributed by atoms with E-state index in [4.69, 9.17) is 9.15 Å². The minimum Gasteiger partial charge on any atom is -0.468 e. The summed E-state index contributed by atoms with van der Waals surface area (Å²) in [5, 5.41) is 5.96. The van der Waals surface area contributed by atoms with Gasteiger partial charge in [-0.2, -0.15) is 4.31 Å². The Balaban J connectivity index is 1.71. The van der Waals surface area contributed by atoms with Gasteiger partial charge in [0.25, 0.3) is 0 Å². The molecule has 2 aromatic rings. The van der Waals surface area contributed by atoms with Crippen LogP contribution >= 0.6 is 0 Å². The summed E-state index contributed by atoms with van der Waals surface area (Å²) in [4.78, 5) is 12.8. The number of anilines is 1. The maximum absolute atomic E-state index is 13.0. The van der Waals surface area contributed by atoms with Gasteiger partial charge in [0.1, 0.15) is 5.76 Å². The second-order valence-corrected chi connectivity index (χ2v) is 9.02. The average Bonchev–Trinajstić information content (AvgIpc) is 3.25. The summed E-state index contributed by atoms with van der Waals surface area (Å²) in [7, 11) is -3.65. The number of nitrogens with zero attached hydrogens (tertiary/aromatic N) is 1. The zero-order valence-corrected chi connectivity index (χ0v) is 17.7. The van der Waals surface area contributed by atoms with Crippen molar-refractivity contribution >= 4 is 21.6 Å². The molecule has 0 bridgehead atoms. The van der Waals surface area contributed by atoms with Gasteiger partial charge in [0.15, 0.2) is 0 Å². The number of amides is 1. The predicted molar refractivity (Wildman–Crippen MR) is 109 cm³/mol. The zero-order valence-electron chi connectivity index (χ0n) is 16.8. The van der Waals surface area contributed by atoms with Gasteiger partial charge in [-0.05, 0) is 50.6 Å². The Morgan fingerprint density at radius 3 is 2.55 bits per heavy atom. The lowest BCUT2D eigenvalue weighted by Gasteiger charge is -2.27. The minimum absolute atomic E-state index is 0.138. The Morgan fingerprint density at radius 1 is 1.17 bits per heavy atom. The van der Waals surface area contributed by atoms with Crippen molar-refractivity contribution in [2.24, 2.45) is 0 Å². The van der Waals surface area contributed by atoms with Gasteiger partial charge < -0.3 is 14.5 Å². The number of rotatable bonds is 7. The highest BCUT2D eigenvalue weighted by Crippen LogP contribution is 2.24. The first-order valence-electron chi connectivity index (χ1n) is 9.58. The lowest BCUT2D eigenvalue weighted by atomic mass is 10.2. The summed E-state index contributed by atoms with van der Waals surface area (Å²) >= 11 is 0. The number of aryl methyl sites for hydroxylation is 1. The van der Waals surface area contributed by atoms with E-state index in [1.54, 1.807) is 38.3 Å². The number of hydrogen-bond acceptors (Lipinski definition) is 6. The third-order valence-electron chi connectivity index (χ3n) is 4.91. The van der Waals surface area contributed by atoms with Gasteiger partial charge in [0.2, 0.25) is 15.9 Å². The number of sulfonamides is 1. The molecular formula is C20H27N3O5S.